The van der Waals surface area contributed by atoms with E-state index in [4.69, 9.17) is 0 Å². The maximum atomic E-state index is 13.0. The first-order chi connectivity index (χ1) is 12.5. The first kappa shape index (κ1) is 18.5. The molecule has 2 heterocycles. The van der Waals surface area contributed by atoms with Crippen LogP contribution in [0.1, 0.15) is 35.4 Å². The molecule has 140 valence electrons. The zero-order valence-electron chi connectivity index (χ0n) is 15.0. The number of hydrogen-bond acceptors (Lipinski definition) is 4. The van der Waals surface area contributed by atoms with Crippen LogP contribution in [0.5, 0.6) is 0 Å². The van der Waals surface area contributed by atoms with Crippen molar-refractivity contribution >= 4 is 5.91 Å². The highest BCUT2D eigenvalue weighted by Gasteiger charge is 2.33. The smallest absolute Gasteiger partial charge is 0.289 e. The third-order valence-electron chi connectivity index (χ3n) is 4.84. The number of halogens is 1. The summed E-state index contributed by atoms with van der Waals surface area (Å²) in [6.07, 6.45) is 5.10. The predicted octanol–water partition coefficient (Wildman–Crippen LogP) is 2.04. The van der Waals surface area contributed by atoms with E-state index in [0.717, 1.165) is 12.0 Å². The van der Waals surface area contributed by atoms with E-state index >= 15 is 0 Å². The van der Waals surface area contributed by atoms with Crippen molar-refractivity contribution in [1.29, 1.82) is 0 Å². The molecular weight excluding hydrogens is 335 g/mol. The Bertz CT molecular complexity index is 720. The van der Waals surface area contributed by atoms with Crippen molar-refractivity contribution in [3.05, 3.63) is 53.9 Å². The summed E-state index contributed by atoms with van der Waals surface area (Å²) in [6, 6.07) is 6.41. The minimum absolute atomic E-state index is 0.126. The van der Waals surface area contributed by atoms with Gasteiger partial charge in [-0.1, -0.05) is 12.1 Å². The molecule has 26 heavy (non-hydrogen) atoms. The fourth-order valence-electron chi connectivity index (χ4n) is 3.53. The van der Waals surface area contributed by atoms with Crippen LogP contribution < -0.4 is 0 Å². The third-order valence-corrected chi connectivity index (χ3v) is 4.84. The minimum atomic E-state index is -0.840. The van der Waals surface area contributed by atoms with E-state index in [1.807, 2.05) is 11.9 Å². The van der Waals surface area contributed by atoms with Gasteiger partial charge in [0.15, 0.2) is 5.82 Å². The van der Waals surface area contributed by atoms with Crippen molar-refractivity contribution in [1.82, 2.24) is 19.8 Å². The van der Waals surface area contributed by atoms with Gasteiger partial charge in [-0.3, -0.25) is 9.69 Å². The predicted molar refractivity (Wildman–Crippen MR) is 96.0 cm³/mol. The average molecular weight is 360 g/mol. The molecule has 1 amide bonds. The summed E-state index contributed by atoms with van der Waals surface area (Å²) in [5, 5.41) is 11.0. The lowest BCUT2D eigenvalue weighted by Crippen LogP contribution is -2.42. The number of hydrogen-bond donors (Lipinski definition) is 2. The van der Waals surface area contributed by atoms with Crippen LogP contribution in [-0.4, -0.2) is 63.1 Å². The second-order valence-corrected chi connectivity index (χ2v) is 7.11. The van der Waals surface area contributed by atoms with Crippen LogP contribution in [0, 0.1) is 5.82 Å². The van der Waals surface area contributed by atoms with Gasteiger partial charge in [-0.15, -0.1) is 0 Å². The molecule has 0 spiro atoms. The summed E-state index contributed by atoms with van der Waals surface area (Å²) in [7, 11) is 1.94. The molecule has 2 aromatic rings. The summed E-state index contributed by atoms with van der Waals surface area (Å²) in [5.41, 5.74) is 0.160. The second-order valence-electron chi connectivity index (χ2n) is 7.11. The molecular formula is C19H25FN4O2. The van der Waals surface area contributed by atoms with E-state index in [9.17, 15) is 14.3 Å². The van der Waals surface area contributed by atoms with Gasteiger partial charge < -0.3 is 15.0 Å². The molecule has 1 aromatic carbocycles. The van der Waals surface area contributed by atoms with E-state index in [1.165, 1.54) is 12.1 Å². The maximum absolute atomic E-state index is 13.0. The summed E-state index contributed by atoms with van der Waals surface area (Å²) in [6.45, 7) is 2.26. The molecule has 1 saturated heterocycles. The molecule has 1 aliphatic rings. The number of amides is 1. The van der Waals surface area contributed by atoms with Crippen molar-refractivity contribution in [2.45, 2.75) is 31.4 Å². The third kappa shape index (κ3) is 4.68. The highest BCUT2D eigenvalue weighted by Crippen LogP contribution is 2.24. The fourth-order valence-corrected chi connectivity index (χ4v) is 3.53. The Morgan fingerprint density at radius 1 is 1.35 bits per heavy atom. The molecule has 3 rings (SSSR count). The normalized spacial score (nSPS) is 21.0. The molecule has 1 aromatic heterocycles. The second kappa shape index (κ2) is 7.97. The summed E-state index contributed by atoms with van der Waals surface area (Å²) in [4.78, 5) is 23.1. The number of likely N-dealkylation sites (N-methyl/N-ethyl adjacent to an activating group) is 1. The number of nitrogens with one attached hydrogen (secondary N) is 1. The van der Waals surface area contributed by atoms with Gasteiger partial charge in [-0.25, -0.2) is 9.37 Å². The van der Waals surface area contributed by atoms with Crippen molar-refractivity contribution in [2.75, 3.05) is 26.7 Å². The molecule has 6 nitrogen and oxygen atoms in total. The van der Waals surface area contributed by atoms with Gasteiger partial charge in [0.1, 0.15) is 5.82 Å². The van der Waals surface area contributed by atoms with Crippen LogP contribution in [0.15, 0.2) is 36.7 Å². The van der Waals surface area contributed by atoms with Crippen LogP contribution >= 0.6 is 0 Å². The zero-order valence-corrected chi connectivity index (χ0v) is 15.0. The van der Waals surface area contributed by atoms with Crippen LogP contribution in [0.3, 0.4) is 0 Å². The SMILES string of the molecule is CN(Cc1ccc(F)cc1)C[C@]1(O)CCCN(C(=O)c2ncc[nH]2)CC1. The summed E-state index contributed by atoms with van der Waals surface area (Å²) in [5.74, 6) is -0.0390. The Balaban J connectivity index is 1.56. The molecule has 0 aliphatic carbocycles. The molecule has 0 bridgehead atoms. The number of aromatic nitrogens is 2. The lowest BCUT2D eigenvalue weighted by Gasteiger charge is -2.31. The number of rotatable bonds is 5. The van der Waals surface area contributed by atoms with E-state index in [2.05, 4.69) is 9.97 Å². The number of benzene rings is 1. The quantitative estimate of drug-likeness (QED) is 0.856. The highest BCUT2D eigenvalue weighted by molar-refractivity contribution is 5.90. The van der Waals surface area contributed by atoms with E-state index in [1.54, 1.807) is 29.4 Å². The largest absolute Gasteiger partial charge is 0.388 e. The standard InChI is InChI=1S/C19H25FN4O2/c1-23(13-15-3-5-16(20)6-4-15)14-19(26)7-2-11-24(12-8-19)18(25)17-21-9-10-22-17/h3-6,9-10,26H,2,7-8,11-14H2,1H3,(H,21,22)/t19-/m0/s1. The van der Waals surface area contributed by atoms with Crippen molar-refractivity contribution < 1.29 is 14.3 Å². The Labute approximate surface area is 152 Å². The van der Waals surface area contributed by atoms with Crippen LogP contribution in [-0.2, 0) is 6.54 Å². The van der Waals surface area contributed by atoms with Crippen molar-refractivity contribution in [2.24, 2.45) is 0 Å². The topological polar surface area (TPSA) is 72.5 Å². The van der Waals surface area contributed by atoms with Gasteiger partial charge in [0.05, 0.1) is 5.60 Å². The number of aliphatic hydroxyl groups is 1. The van der Waals surface area contributed by atoms with Crippen LogP contribution in [0.2, 0.25) is 0 Å². The number of H-pyrrole nitrogens is 1. The number of imidazole rings is 1. The lowest BCUT2D eigenvalue weighted by molar-refractivity contribution is -0.00403. The van der Waals surface area contributed by atoms with Gasteiger partial charge in [0, 0.05) is 38.6 Å². The van der Waals surface area contributed by atoms with Crippen molar-refractivity contribution in [3.8, 4) is 0 Å². The van der Waals surface area contributed by atoms with E-state index in [-0.39, 0.29) is 11.7 Å². The number of carbonyl (C=O) groups is 1. The van der Waals surface area contributed by atoms with E-state index < -0.39 is 5.60 Å². The number of nitrogens with zero attached hydrogens (tertiary/aromatic N) is 3. The lowest BCUT2D eigenvalue weighted by atomic mass is 9.94. The van der Waals surface area contributed by atoms with Gasteiger partial charge in [-0.2, -0.15) is 0 Å². The average Bonchev–Trinajstić information content (AvgIpc) is 3.07. The fraction of sp³-hybridized carbons (Fsp3) is 0.474. The molecule has 2 N–H and O–H groups in total. The molecule has 0 saturated carbocycles. The first-order valence-electron chi connectivity index (χ1n) is 8.89. The molecule has 1 aliphatic heterocycles. The van der Waals surface area contributed by atoms with Crippen LogP contribution in [0.25, 0.3) is 0 Å². The summed E-state index contributed by atoms with van der Waals surface area (Å²) < 4.78 is 13.0. The Morgan fingerprint density at radius 2 is 2.12 bits per heavy atom. The van der Waals surface area contributed by atoms with E-state index in [0.29, 0.717) is 44.8 Å². The monoisotopic (exact) mass is 360 g/mol. The maximum Gasteiger partial charge on any atom is 0.289 e. The van der Waals surface area contributed by atoms with Crippen molar-refractivity contribution in [3.63, 3.8) is 0 Å². The number of aromatic amines is 1. The minimum Gasteiger partial charge on any atom is -0.388 e. The number of likely N-dealkylation sites (tertiary alicyclic amines) is 1. The zero-order chi connectivity index (χ0) is 18.6. The van der Waals surface area contributed by atoms with Gasteiger partial charge in [-0.05, 0) is 44.0 Å². The first-order valence-corrected chi connectivity index (χ1v) is 8.89. The van der Waals surface area contributed by atoms with Gasteiger partial charge in [0.2, 0.25) is 0 Å². The highest BCUT2D eigenvalue weighted by atomic mass is 19.1. The van der Waals surface area contributed by atoms with Gasteiger partial charge >= 0.3 is 0 Å². The van der Waals surface area contributed by atoms with Crippen LogP contribution in [0.4, 0.5) is 4.39 Å². The molecule has 1 atom stereocenters. The van der Waals surface area contributed by atoms with Gasteiger partial charge in [0.25, 0.3) is 5.91 Å². The summed E-state index contributed by atoms with van der Waals surface area (Å²) >= 11 is 0. The molecule has 7 heteroatoms. The Hall–Kier alpha value is -2.25. The molecule has 0 unspecified atom stereocenters. The number of carbonyl (C=O) groups excluding carboxylic acids is 1. The molecule has 1 fully saturated rings. The Morgan fingerprint density at radius 3 is 2.81 bits per heavy atom. The Kier molecular flexibility index (Phi) is 5.68. The molecule has 0 radical (unpaired) electrons.